The molecular weight excluding hydrogens is 541 g/mol. The van der Waals surface area contributed by atoms with Gasteiger partial charge in [-0.05, 0) is 64.5 Å². The molecule has 5 rings (SSSR count). The van der Waals surface area contributed by atoms with Crippen molar-refractivity contribution in [2.24, 2.45) is 0 Å². The summed E-state index contributed by atoms with van der Waals surface area (Å²) >= 11 is 5.65. The third-order valence-electron chi connectivity index (χ3n) is 7.26. The molecule has 0 aliphatic carbocycles. The Kier molecular flexibility index (Phi) is 7.21. The molecule has 0 saturated heterocycles. The smallest absolute Gasteiger partial charge is 0.172 e. The molecule has 1 aromatic heterocycles. The summed E-state index contributed by atoms with van der Waals surface area (Å²) in [5, 5.41) is 28.8. The van der Waals surface area contributed by atoms with Crippen LogP contribution in [0.1, 0.15) is 44.7 Å². The first kappa shape index (κ1) is 27.2. The van der Waals surface area contributed by atoms with E-state index in [1.165, 1.54) is 25.9 Å². The maximum absolute atomic E-state index is 9.82. The molecule has 3 aliphatic rings. The molecule has 196 valence electrons. The summed E-state index contributed by atoms with van der Waals surface area (Å²) in [7, 11) is 0. The number of hydrogen-bond acceptors (Lipinski definition) is 8. The third-order valence-corrected chi connectivity index (χ3v) is 11.8. The van der Waals surface area contributed by atoms with Crippen molar-refractivity contribution in [1.82, 2.24) is 0 Å². The minimum absolute atomic E-state index is 0.0371. The maximum Gasteiger partial charge on any atom is 0.172 e. The molecule has 4 heterocycles. The predicted octanol–water partition coefficient (Wildman–Crippen LogP) is 8.28. The number of benzene rings is 1. The third kappa shape index (κ3) is 4.70. The second-order valence-corrected chi connectivity index (χ2v) is 13.9. The minimum Gasteiger partial charge on any atom is -0.480 e. The summed E-state index contributed by atoms with van der Waals surface area (Å²) in [6, 6.07) is 17.1. The van der Waals surface area contributed by atoms with Crippen molar-refractivity contribution in [1.29, 1.82) is 15.8 Å². The lowest BCUT2D eigenvalue weighted by Crippen LogP contribution is -2.21. The Morgan fingerprint density at radius 1 is 1.05 bits per heavy atom. The van der Waals surface area contributed by atoms with Gasteiger partial charge in [-0.3, -0.25) is 0 Å². The minimum atomic E-state index is -0.815. The van der Waals surface area contributed by atoms with E-state index in [9.17, 15) is 15.8 Å². The Morgan fingerprint density at radius 2 is 1.74 bits per heavy atom. The fourth-order valence-electron chi connectivity index (χ4n) is 5.23. The molecule has 2 aromatic rings. The van der Waals surface area contributed by atoms with Crippen molar-refractivity contribution in [3.05, 3.63) is 80.8 Å². The van der Waals surface area contributed by atoms with Crippen LogP contribution in [-0.2, 0) is 4.74 Å². The Hall–Kier alpha value is -3.35. The zero-order valence-electron chi connectivity index (χ0n) is 22.5. The zero-order valence-corrected chi connectivity index (χ0v) is 25.0. The van der Waals surface area contributed by atoms with Crippen molar-refractivity contribution < 1.29 is 4.74 Å². The van der Waals surface area contributed by atoms with Gasteiger partial charge in [-0.25, -0.2) is 0 Å². The number of thiophene rings is 1. The highest BCUT2D eigenvalue weighted by Gasteiger charge is 2.48. The fourth-order valence-corrected chi connectivity index (χ4v) is 10.1. The van der Waals surface area contributed by atoms with Crippen LogP contribution in [0.3, 0.4) is 0 Å². The maximum atomic E-state index is 9.82. The lowest BCUT2D eigenvalue weighted by Gasteiger charge is -2.21. The van der Waals surface area contributed by atoms with Gasteiger partial charge in [-0.15, -0.1) is 34.9 Å². The van der Waals surface area contributed by atoms with Crippen molar-refractivity contribution in [3.63, 3.8) is 0 Å². The van der Waals surface area contributed by atoms with E-state index in [2.05, 4.69) is 68.1 Å². The topological polar surface area (TPSA) is 83.8 Å². The lowest BCUT2D eigenvalue weighted by atomic mass is 9.94. The van der Waals surface area contributed by atoms with E-state index in [4.69, 9.17) is 4.74 Å². The molecule has 0 radical (unpaired) electrons. The van der Waals surface area contributed by atoms with Crippen LogP contribution in [0.2, 0.25) is 0 Å². The predicted molar refractivity (Wildman–Crippen MR) is 161 cm³/mol. The first-order valence-electron chi connectivity index (χ1n) is 12.8. The molecule has 2 atom stereocenters. The van der Waals surface area contributed by atoms with Crippen LogP contribution in [0.4, 0.5) is 5.69 Å². The Morgan fingerprint density at radius 3 is 2.36 bits per heavy atom. The highest BCUT2D eigenvalue weighted by atomic mass is 32.2. The molecule has 1 aromatic carbocycles. The van der Waals surface area contributed by atoms with Gasteiger partial charge in [0, 0.05) is 43.9 Å². The summed E-state index contributed by atoms with van der Waals surface area (Å²) in [5.41, 5.74) is 2.43. The zero-order chi connectivity index (χ0) is 27.9. The van der Waals surface area contributed by atoms with E-state index in [1.807, 2.05) is 73.0 Å². The van der Waals surface area contributed by atoms with E-state index >= 15 is 0 Å². The van der Waals surface area contributed by atoms with Crippen LogP contribution in [0.15, 0.2) is 80.8 Å². The van der Waals surface area contributed by atoms with Gasteiger partial charge in [0.2, 0.25) is 0 Å². The first-order chi connectivity index (χ1) is 18.7. The average molecular weight is 569 g/mol. The lowest BCUT2D eigenvalue weighted by molar-refractivity contribution is 0.0954. The summed E-state index contributed by atoms with van der Waals surface area (Å²) in [6.45, 7) is 12.3. The van der Waals surface area contributed by atoms with Crippen LogP contribution in [0, 0.1) is 34.0 Å². The van der Waals surface area contributed by atoms with Gasteiger partial charge >= 0.3 is 0 Å². The molecule has 0 bridgehead atoms. The van der Waals surface area contributed by atoms with Gasteiger partial charge < -0.3 is 9.64 Å². The number of rotatable bonds is 6. The van der Waals surface area contributed by atoms with Gasteiger partial charge in [0.15, 0.2) is 11.3 Å². The highest BCUT2D eigenvalue weighted by Crippen LogP contribution is 2.67. The van der Waals surface area contributed by atoms with Crippen molar-refractivity contribution in [3.8, 4) is 28.6 Å². The largest absolute Gasteiger partial charge is 0.480 e. The number of ether oxygens (including phenoxy) is 1. The van der Waals surface area contributed by atoms with Crippen LogP contribution < -0.4 is 4.90 Å². The van der Waals surface area contributed by atoms with E-state index < -0.39 is 5.60 Å². The van der Waals surface area contributed by atoms with Crippen molar-refractivity contribution >= 4 is 40.5 Å². The molecule has 0 spiro atoms. The molecule has 0 amide bonds. The quantitative estimate of drug-likeness (QED) is 0.324. The van der Waals surface area contributed by atoms with Gasteiger partial charge in [0.1, 0.15) is 29.4 Å². The number of nitrogens with zero attached hydrogens (tertiary/aromatic N) is 4. The molecular formula is C31H28N4OS3. The van der Waals surface area contributed by atoms with Crippen LogP contribution in [0.25, 0.3) is 10.4 Å². The molecule has 0 N–H and O–H groups in total. The van der Waals surface area contributed by atoms with Gasteiger partial charge in [-0.1, -0.05) is 24.3 Å². The molecule has 8 heteroatoms. The van der Waals surface area contributed by atoms with Crippen molar-refractivity contribution in [2.75, 3.05) is 18.0 Å². The van der Waals surface area contributed by atoms with E-state index in [0.29, 0.717) is 10.8 Å². The number of anilines is 1. The highest BCUT2D eigenvalue weighted by molar-refractivity contribution is 8.08. The second-order valence-electron chi connectivity index (χ2n) is 10.2. The number of hydrogen-bond donors (Lipinski definition) is 0. The van der Waals surface area contributed by atoms with Gasteiger partial charge in [-0.2, -0.15) is 15.8 Å². The normalized spacial score (nSPS) is 22.6. The average Bonchev–Trinajstić information content (AvgIpc) is 3.60. The Labute approximate surface area is 242 Å². The Bertz CT molecular complexity index is 1570. The standard InChI is InChI=1S/C31H28N4OS3/c1-6-35(7-2)21-10-8-19(9-11-21)25-14-26-28(38-25)29-31(5,39-26)15-22(37-29)12-13-24-23(18-34)27(20(16-32)17-33)36-30(24,3)4/h8-15,29H,6-7H2,1-5H3/b13-12+. The molecule has 2 unspecified atom stereocenters. The molecule has 3 aliphatic heterocycles. The number of fused-ring (bicyclic) bond motifs is 3. The molecule has 0 fully saturated rings. The van der Waals surface area contributed by atoms with Crippen LogP contribution in [-0.4, -0.2) is 23.4 Å². The van der Waals surface area contributed by atoms with E-state index in [-0.39, 0.29) is 21.7 Å². The van der Waals surface area contributed by atoms with Gasteiger partial charge in [0.05, 0.1) is 10.00 Å². The number of allylic oxidation sites excluding steroid dienone is 3. The van der Waals surface area contributed by atoms with Gasteiger partial charge in [0.25, 0.3) is 0 Å². The monoisotopic (exact) mass is 568 g/mol. The number of nitriles is 3. The second kappa shape index (κ2) is 10.3. The molecule has 0 saturated carbocycles. The first-order valence-corrected chi connectivity index (χ1v) is 15.3. The van der Waals surface area contributed by atoms with E-state index in [0.717, 1.165) is 18.0 Å². The Balaban J connectivity index is 1.38. The summed E-state index contributed by atoms with van der Waals surface area (Å²) in [4.78, 5) is 7.56. The fraction of sp³-hybridized carbons (Fsp3) is 0.323. The van der Waals surface area contributed by atoms with Crippen LogP contribution in [0.5, 0.6) is 0 Å². The molecule has 39 heavy (non-hydrogen) atoms. The van der Waals surface area contributed by atoms with Crippen molar-refractivity contribution in [2.45, 2.75) is 55.1 Å². The molecule has 5 nitrogen and oxygen atoms in total. The number of thioether (sulfide) groups is 2. The summed E-state index contributed by atoms with van der Waals surface area (Å²) < 4.78 is 5.86. The summed E-state index contributed by atoms with van der Waals surface area (Å²) in [6.07, 6.45) is 6.26. The van der Waals surface area contributed by atoms with E-state index in [1.54, 1.807) is 0 Å². The summed E-state index contributed by atoms with van der Waals surface area (Å²) in [5.74, 6) is 0.0699. The van der Waals surface area contributed by atoms with Crippen LogP contribution >= 0.6 is 34.9 Å². The SMILES string of the molecule is CCN(CC)c1ccc(-c2cc3c(s2)C2SC(/C=C/C4=C(C#N)C(=C(C#N)C#N)OC4(C)C)=CC2(C)S3)cc1.